The number of hydrogen-bond donors (Lipinski definition) is 1. The van der Waals surface area contributed by atoms with Gasteiger partial charge in [0.1, 0.15) is 6.10 Å². The molecule has 1 N–H and O–H groups in total. The van der Waals surface area contributed by atoms with Crippen LogP contribution in [0.2, 0.25) is 0 Å². The first-order valence-electron chi connectivity index (χ1n) is 7.48. The number of carbonyl (C=O) groups excluding carboxylic acids is 2. The Bertz CT molecular complexity index is 254. The minimum absolute atomic E-state index is 0.0000906. The van der Waals surface area contributed by atoms with E-state index >= 15 is 0 Å². The Kier molecular flexibility index (Phi) is 11.3. The minimum Gasteiger partial charge on any atom is -0.463 e. The van der Waals surface area contributed by atoms with Crippen molar-refractivity contribution >= 4 is 11.9 Å². The number of carbonyl (C=O) groups is 2. The van der Waals surface area contributed by atoms with E-state index in [9.17, 15) is 9.59 Å². The topological polar surface area (TPSA) is 55.4 Å². The molecular weight excluding hydrogens is 242 g/mol. The Morgan fingerprint density at radius 3 is 2.26 bits per heavy atom. The fraction of sp³-hybridized carbons (Fsp3) is 0.867. The molecule has 0 aromatic rings. The SMILES string of the molecule is CCCCCCCC[C@@H](CCC(=O)NC)OC(C)=O. The highest BCUT2D eigenvalue weighted by Gasteiger charge is 2.13. The van der Waals surface area contributed by atoms with Gasteiger partial charge in [-0.05, 0) is 19.3 Å². The third-order valence-corrected chi connectivity index (χ3v) is 3.18. The largest absolute Gasteiger partial charge is 0.463 e. The molecule has 0 spiro atoms. The van der Waals surface area contributed by atoms with Crippen LogP contribution in [0.4, 0.5) is 0 Å². The van der Waals surface area contributed by atoms with Gasteiger partial charge < -0.3 is 10.1 Å². The third-order valence-electron chi connectivity index (χ3n) is 3.18. The van der Waals surface area contributed by atoms with E-state index in [0.29, 0.717) is 12.8 Å². The highest BCUT2D eigenvalue weighted by atomic mass is 16.5. The lowest BCUT2D eigenvalue weighted by atomic mass is 10.0. The number of nitrogens with one attached hydrogen (secondary N) is 1. The number of rotatable bonds is 11. The molecule has 0 aliphatic carbocycles. The normalized spacial score (nSPS) is 11.9. The molecule has 0 saturated heterocycles. The summed E-state index contributed by atoms with van der Waals surface area (Å²) < 4.78 is 5.25. The Morgan fingerprint density at radius 2 is 1.68 bits per heavy atom. The first kappa shape index (κ1) is 17.9. The van der Waals surface area contributed by atoms with Crippen molar-refractivity contribution in [1.29, 1.82) is 0 Å². The fourth-order valence-electron chi connectivity index (χ4n) is 2.07. The van der Waals surface area contributed by atoms with Gasteiger partial charge in [-0.1, -0.05) is 39.0 Å². The number of esters is 1. The molecule has 19 heavy (non-hydrogen) atoms. The third kappa shape index (κ3) is 11.7. The number of ether oxygens (including phenoxy) is 1. The van der Waals surface area contributed by atoms with Crippen LogP contribution in [-0.2, 0) is 14.3 Å². The first-order chi connectivity index (χ1) is 9.10. The summed E-state index contributed by atoms with van der Waals surface area (Å²) in [5, 5.41) is 2.58. The average Bonchev–Trinajstić information content (AvgIpc) is 2.38. The van der Waals surface area contributed by atoms with Gasteiger partial charge in [-0.2, -0.15) is 0 Å². The molecule has 0 heterocycles. The molecule has 4 heteroatoms. The molecule has 4 nitrogen and oxygen atoms in total. The zero-order chi connectivity index (χ0) is 14.5. The highest BCUT2D eigenvalue weighted by Crippen LogP contribution is 2.14. The van der Waals surface area contributed by atoms with Crippen LogP contribution in [0.3, 0.4) is 0 Å². The van der Waals surface area contributed by atoms with Crippen molar-refractivity contribution in [1.82, 2.24) is 5.32 Å². The van der Waals surface area contributed by atoms with Crippen LogP contribution in [0.15, 0.2) is 0 Å². The second-order valence-electron chi connectivity index (χ2n) is 5.00. The quantitative estimate of drug-likeness (QED) is 0.464. The lowest BCUT2D eigenvalue weighted by Crippen LogP contribution is -2.22. The van der Waals surface area contributed by atoms with E-state index in [1.165, 1.54) is 39.0 Å². The van der Waals surface area contributed by atoms with Crippen molar-refractivity contribution in [3.8, 4) is 0 Å². The first-order valence-corrected chi connectivity index (χ1v) is 7.48. The second kappa shape index (κ2) is 12.0. The summed E-state index contributed by atoms with van der Waals surface area (Å²) in [5.74, 6) is -0.256. The molecule has 0 rings (SSSR count). The van der Waals surface area contributed by atoms with Gasteiger partial charge >= 0.3 is 5.97 Å². The van der Waals surface area contributed by atoms with Gasteiger partial charge in [0.25, 0.3) is 0 Å². The van der Waals surface area contributed by atoms with E-state index in [2.05, 4.69) is 12.2 Å². The maximum Gasteiger partial charge on any atom is 0.302 e. The van der Waals surface area contributed by atoms with Crippen LogP contribution < -0.4 is 5.32 Å². The lowest BCUT2D eigenvalue weighted by molar-refractivity contribution is -0.147. The Hall–Kier alpha value is -1.06. The standard InChI is InChI=1S/C15H29NO3/c1-4-5-6-7-8-9-10-14(19-13(2)17)11-12-15(18)16-3/h14H,4-12H2,1-3H3,(H,16,18)/t14-/m0/s1. The smallest absolute Gasteiger partial charge is 0.302 e. The van der Waals surface area contributed by atoms with E-state index in [1.807, 2.05) is 0 Å². The molecule has 0 aromatic heterocycles. The monoisotopic (exact) mass is 271 g/mol. The summed E-state index contributed by atoms with van der Waals surface area (Å²) in [5.41, 5.74) is 0. The van der Waals surface area contributed by atoms with Gasteiger partial charge in [-0.25, -0.2) is 0 Å². The molecule has 0 bridgehead atoms. The van der Waals surface area contributed by atoms with Crippen molar-refractivity contribution in [2.45, 2.75) is 77.7 Å². The Morgan fingerprint density at radius 1 is 1.05 bits per heavy atom. The average molecular weight is 271 g/mol. The molecule has 112 valence electrons. The summed E-state index contributed by atoms with van der Waals surface area (Å²) in [6, 6.07) is 0. The molecule has 0 aromatic carbocycles. The molecule has 0 saturated carbocycles. The van der Waals surface area contributed by atoms with Gasteiger partial charge in [-0.15, -0.1) is 0 Å². The molecule has 1 atom stereocenters. The zero-order valence-corrected chi connectivity index (χ0v) is 12.7. The van der Waals surface area contributed by atoms with Crippen LogP contribution in [-0.4, -0.2) is 25.0 Å². The Balaban J connectivity index is 3.79. The maximum atomic E-state index is 11.2. The van der Waals surface area contributed by atoms with E-state index < -0.39 is 0 Å². The van der Waals surface area contributed by atoms with Gasteiger partial charge in [0, 0.05) is 20.4 Å². The van der Waals surface area contributed by atoms with E-state index in [-0.39, 0.29) is 18.0 Å². The Labute approximate surface area is 117 Å². The van der Waals surface area contributed by atoms with Crippen LogP contribution in [0.5, 0.6) is 0 Å². The molecule has 0 unspecified atom stereocenters. The van der Waals surface area contributed by atoms with Gasteiger partial charge in [0.15, 0.2) is 0 Å². The van der Waals surface area contributed by atoms with Crippen LogP contribution in [0.25, 0.3) is 0 Å². The van der Waals surface area contributed by atoms with E-state index in [1.54, 1.807) is 7.05 Å². The summed E-state index contributed by atoms with van der Waals surface area (Å²) in [6.45, 7) is 3.63. The molecule has 0 aliphatic heterocycles. The van der Waals surface area contributed by atoms with E-state index in [0.717, 1.165) is 12.8 Å². The molecule has 0 aliphatic rings. The van der Waals surface area contributed by atoms with Crippen molar-refractivity contribution < 1.29 is 14.3 Å². The van der Waals surface area contributed by atoms with Gasteiger partial charge in [0.05, 0.1) is 0 Å². The van der Waals surface area contributed by atoms with Crippen LogP contribution in [0.1, 0.15) is 71.6 Å². The summed E-state index contributed by atoms with van der Waals surface area (Å²) >= 11 is 0. The molecule has 0 radical (unpaired) electrons. The number of hydrogen-bond acceptors (Lipinski definition) is 3. The summed E-state index contributed by atoms with van der Waals surface area (Å²) in [7, 11) is 1.62. The summed E-state index contributed by atoms with van der Waals surface area (Å²) in [6.07, 6.45) is 9.12. The predicted molar refractivity (Wildman–Crippen MR) is 76.8 cm³/mol. The summed E-state index contributed by atoms with van der Waals surface area (Å²) in [4.78, 5) is 22.2. The van der Waals surface area contributed by atoms with Crippen LogP contribution in [0, 0.1) is 0 Å². The number of amides is 1. The second-order valence-corrected chi connectivity index (χ2v) is 5.00. The highest BCUT2D eigenvalue weighted by molar-refractivity contribution is 5.75. The van der Waals surface area contributed by atoms with Crippen molar-refractivity contribution in [2.75, 3.05) is 7.05 Å². The molecule has 0 fully saturated rings. The van der Waals surface area contributed by atoms with E-state index in [4.69, 9.17) is 4.74 Å². The van der Waals surface area contributed by atoms with Crippen LogP contribution >= 0.6 is 0 Å². The fourth-order valence-corrected chi connectivity index (χ4v) is 2.07. The molecule has 1 amide bonds. The molecular formula is C15H29NO3. The lowest BCUT2D eigenvalue weighted by Gasteiger charge is -2.16. The van der Waals surface area contributed by atoms with Gasteiger partial charge in [0.2, 0.25) is 5.91 Å². The van der Waals surface area contributed by atoms with Crippen molar-refractivity contribution in [3.05, 3.63) is 0 Å². The predicted octanol–water partition coefficient (Wildman–Crippen LogP) is 3.19. The maximum absolute atomic E-state index is 11.2. The number of unbranched alkanes of at least 4 members (excludes halogenated alkanes) is 5. The van der Waals surface area contributed by atoms with Gasteiger partial charge in [-0.3, -0.25) is 9.59 Å². The van der Waals surface area contributed by atoms with Crippen molar-refractivity contribution in [3.63, 3.8) is 0 Å². The zero-order valence-electron chi connectivity index (χ0n) is 12.7. The van der Waals surface area contributed by atoms with Crippen molar-refractivity contribution in [2.24, 2.45) is 0 Å². The minimum atomic E-state index is -0.257.